The van der Waals surface area contributed by atoms with Crippen LogP contribution in [-0.2, 0) is 16.6 Å². The van der Waals surface area contributed by atoms with Gasteiger partial charge in [-0.1, -0.05) is 18.7 Å². The molecule has 1 atom stereocenters. The van der Waals surface area contributed by atoms with Crippen molar-refractivity contribution in [3.05, 3.63) is 82.9 Å². The third-order valence-corrected chi connectivity index (χ3v) is 6.48. The summed E-state index contributed by atoms with van der Waals surface area (Å²) < 4.78 is 8.85. The van der Waals surface area contributed by atoms with Gasteiger partial charge in [-0.15, -0.1) is 0 Å². The lowest BCUT2D eigenvalue weighted by Crippen LogP contribution is -2.44. The lowest BCUT2D eigenvalue weighted by molar-refractivity contribution is -0.117. The Balaban J connectivity index is 1.69. The molecule has 2 N–H and O–H groups in total. The van der Waals surface area contributed by atoms with E-state index in [-0.39, 0.29) is 17.6 Å². The summed E-state index contributed by atoms with van der Waals surface area (Å²) in [7, 11) is 9.35. The second kappa shape index (κ2) is 11.3. The molecular weight excluding hydrogens is 484 g/mol. The molecule has 1 aromatic carbocycles. The molecule has 1 aliphatic carbocycles. The lowest BCUT2D eigenvalue weighted by atomic mass is 9.99. The number of para-hydroxylation sites is 2. The average molecular weight is 519 g/mol. The van der Waals surface area contributed by atoms with Crippen LogP contribution in [0.2, 0.25) is 0 Å². The summed E-state index contributed by atoms with van der Waals surface area (Å²) in [6.07, 6.45) is 5.19. The van der Waals surface area contributed by atoms with Crippen LogP contribution in [0.1, 0.15) is 6.42 Å². The summed E-state index contributed by atoms with van der Waals surface area (Å²) in [4.78, 5) is 38.5. The van der Waals surface area contributed by atoms with E-state index in [9.17, 15) is 9.59 Å². The van der Waals surface area contributed by atoms with E-state index >= 15 is 0 Å². The first-order valence-electron chi connectivity index (χ1n) is 12.3. The number of ether oxygens (including phenoxy) is 1. The van der Waals surface area contributed by atoms with Gasteiger partial charge < -0.3 is 25.2 Å². The second-order valence-corrected chi connectivity index (χ2v) is 9.34. The Hall–Kier alpha value is -4.38. The fourth-order valence-electron chi connectivity index (χ4n) is 4.42. The van der Waals surface area contributed by atoms with Crippen molar-refractivity contribution in [2.75, 3.05) is 46.7 Å². The molecule has 0 saturated carbocycles. The zero-order chi connectivity index (χ0) is 27.4. The minimum Gasteiger partial charge on any atom is -0.495 e. The van der Waals surface area contributed by atoms with Crippen LogP contribution in [0.5, 0.6) is 0 Å². The van der Waals surface area contributed by atoms with Crippen LogP contribution in [0, 0.1) is 0 Å². The minimum atomic E-state index is -0.321. The number of hydrogen-bond donors (Lipinski definition) is 2. The van der Waals surface area contributed by atoms with Crippen molar-refractivity contribution >= 4 is 22.9 Å². The summed E-state index contributed by atoms with van der Waals surface area (Å²) in [6.45, 7) is 5.20. The number of aryl methyl sites for hydroxylation is 1. The molecule has 0 aliphatic heterocycles. The van der Waals surface area contributed by atoms with E-state index in [0.717, 1.165) is 29.8 Å². The molecule has 2 aromatic heterocycles. The van der Waals surface area contributed by atoms with E-state index in [0.29, 0.717) is 29.6 Å². The number of benzene rings is 1. The van der Waals surface area contributed by atoms with Crippen molar-refractivity contribution in [1.82, 2.24) is 34.2 Å². The Kier molecular flexibility index (Phi) is 7.96. The number of carbonyl (C=O) groups excluding carboxylic acids is 1. The molecule has 11 heteroatoms. The molecule has 1 amide bonds. The van der Waals surface area contributed by atoms with E-state index in [4.69, 9.17) is 4.74 Å². The molecule has 1 aliphatic rings. The molecule has 1 unspecified atom stereocenters. The third-order valence-electron chi connectivity index (χ3n) is 6.48. The number of fused-ring (bicyclic) bond motifs is 1. The topological polar surface area (TPSA) is 110 Å². The molecule has 0 bridgehead atoms. The van der Waals surface area contributed by atoms with Crippen LogP contribution in [0.3, 0.4) is 0 Å². The number of allylic oxidation sites excluding steroid dienone is 1. The van der Waals surface area contributed by atoms with Crippen molar-refractivity contribution in [3.63, 3.8) is 0 Å². The average Bonchev–Trinajstić information content (AvgIpc) is 3.17. The quantitative estimate of drug-likeness (QED) is 0.392. The summed E-state index contributed by atoms with van der Waals surface area (Å²) in [5.74, 6) is 1.09. The monoisotopic (exact) mass is 518 g/mol. The van der Waals surface area contributed by atoms with Crippen molar-refractivity contribution in [3.8, 4) is 5.82 Å². The van der Waals surface area contributed by atoms with E-state index in [2.05, 4.69) is 37.0 Å². The zero-order valence-corrected chi connectivity index (χ0v) is 22.4. The highest BCUT2D eigenvalue weighted by Crippen LogP contribution is 2.28. The standard InChI is InChI=1S/C27H34N8O3/c1-7-25(36)29-18-16-19(23(38-6)17-22(18)33(4)15-14-32(2)3)30-26-28-13-12-24(31-26)35-21-11-9-8-10-20(21)34(5)27(35)37/h7-13,17-18H,1,14-16H2,2-6H3,(H,29,36)(H,28,30,31). The highest BCUT2D eigenvalue weighted by atomic mass is 16.5. The van der Waals surface area contributed by atoms with Crippen molar-refractivity contribution in [1.29, 1.82) is 0 Å². The van der Waals surface area contributed by atoms with Gasteiger partial charge in [-0.3, -0.25) is 9.36 Å². The maximum Gasteiger partial charge on any atom is 0.334 e. The molecule has 2 heterocycles. The fraction of sp³-hybridized carbons (Fsp3) is 0.333. The Morgan fingerprint density at radius 3 is 2.63 bits per heavy atom. The first-order valence-corrected chi connectivity index (χ1v) is 12.3. The van der Waals surface area contributed by atoms with Crippen molar-refractivity contribution in [2.24, 2.45) is 7.05 Å². The van der Waals surface area contributed by atoms with Gasteiger partial charge in [0.15, 0.2) is 0 Å². The smallest absolute Gasteiger partial charge is 0.334 e. The summed E-state index contributed by atoms with van der Waals surface area (Å²) in [5.41, 5.74) is 2.97. The van der Waals surface area contributed by atoms with Crippen LogP contribution in [-0.4, -0.2) is 82.2 Å². The Labute approximate surface area is 221 Å². The predicted octanol–water partition coefficient (Wildman–Crippen LogP) is 1.84. The first kappa shape index (κ1) is 26.7. The van der Waals surface area contributed by atoms with Crippen LogP contribution in [0.15, 0.2) is 77.2 Å². The molecule has 200 valence electrons. The maximum absolute atomic E-state index is 13.0. The SMILES string of the molecule is C=CC(=O)NC1CC(Nc2nccc(-n3c(=O)n(C)c4ccccc43)n2)=C(OC)C=C1N(C)CCN(C)C. The minimum absolute atomic E-state index is 0.203. The van der Waals surface area contributed by atoms with Crippen LogP contribution < -0.4 is 16.3 Å². The number of amides is 1. The van der Waals surface area contributed by atoms with Gasteiger partial charge in [0.2, 0.25) is 11.9 Å². The van der Waals surface area contributed by atoms with Gasteiger partial charge in [0.25, 0.3) is 0 Å². The van der Waals surface area contributed by atoms with E-state index in [1.165, 1.54) is 6.08 Å². The van der Waals surface area contributed by atoms with E-state index in [1.807, 2.05) is 51.5 Å². The van der Waals surface area contributed by atoms with Crippen LogP contribution in [0.25, 0.3) is 16.9 Å². The zero-order valence-electron chi connectivity index (χ0n) is 22.4. The first-order chi connectivity index (χ1) is 18.2. The van der Waals surface area contributed by atoms with Gasteiger partial charge in [-0.25, -0.2) is 14.3 Å². The van der Waals surface area contributed by atoms with Crippen molar-refractivity contribution < 1.29 is 9.53 Å². The number of hydrogen-bond acceptors (Lipinski definition) is 8. The molecule has 3 aromatic rings. The normalized spacial score (nSPS) is 15.4. The fourth-order valence-corrected chi connectivity index (χ4v) is 4.42. The van der Waals surface area contributed by atoms with Gasteiger partial charge in [0.05, 0.1) is 29.9 Å². The number of likely N-dealkylation sites (N-methyl/N-ethyl adjacent to an activating group) is 2. The molecule has 0 radical (unpaired) electrons. The predicted molar refractivity (Wildman–Crippen MR) is 148 cm³/mol. The molecular formula is C27H34N8O3. The Bertz CT molecular complexity index is 1470. The molecule has 0 fully saturated rings. The van der Waals surface area contributed by atoms with E-state index < -0.39 is 0 Å². The van der Waals surface area contributed by atoms with Gasteiger partial charge in [-0.05, 0) is 32.3 Å². The number of carbonyl (C=O) groups is 1. The Morgan fingerprint density at radius 2 is 1.95 bits per heavy atom. The number of imidazole rings is 1. The molecule has 4 rings (SSSR count). The van der Waals surface area contributed by atoms with Gasteiger partial charge >= 0.3 is 5.69 Å². The second-order valence-electron chi connectivity index (χ2n) is 9.34. The number of aromatic nitrogens is 4. The van der Waals surface area contributed by atoms with Crippen LogP contribution >= 0.6 is 0 Å². The van der Waals surface area contributed by atoms with Crippen LogP contribution in [0.4, 0.5) is 5.95 Å². The number of anilines is 1. The highest BCUT2D eigenvalue weighted by Gasteiger charge is 2.28. The largest absolute Gasteiger partial charge is 0.495 e. The van der Waals surface area contributed by atoms with Gasteiger partial charge in [0.1, 0.15) is 11.6 Å². The van der Waals surface area contributed by atoms with E-state index in [1.54, 1.807) is 35.6 Å². The number of nitrogens with one attached hydrogen (secondary N) is 2. The van der Waals surface area contributed by atoms with Gasteiger partial charge in [-0.2, -0.15) is 4.98 Å². The summed E-state index contributed by atoms with van der Waals surface area (Å²) >= 11 is 0. The van der Waals surface area contributed by atoms with Crippen molar-refractivity contribution in [2.45, 2.75) is 12.5 Å². The highest BCUT2D eigenvalue weighted by molar-refractivity contribution is 5.87. The number of methoxy groups -OCH3 is 1. The molecule has 0 saturated heterocycles. The number of nitrogens with zero attached hydrogens (tertiary/aromatic N) is 6. The lowest BCUT2D eigenvalue weighted by Gasteiger charge is -2.34. The molecule has 11 nitrogen and oxygen atoms in total. The summed E-state index contributed by atoms with van der Waals surface area (Å²) in [6, 6.07) is 8.91. The summed E-state index contributed by atoms with van der Waals surface area (Å²) in [5, 5.41) is 6.27. The third kappa shape index (κ3) is 5.47. The number of rotatable bonds is 10. The Morgan fingerprint density at radius 1 is 1.21 bits per heavy atom. The van der Waals surface area contributed by atoms with Gasteiger partial charge in [0, 0.05) is 57.6 Å². The maximum atomic E-state index is 13.0. The molecule has 0 spiro atoms. The molecule has 38 heavy (non-hydrogen) atoms.